The Labute approximate surface area is 112 Å². The van der Waals surface area contributed by atoms with Crippen molar-refractivity contribution in [1.82, 2.24) is 0 Å². The lowest BCUT2D eigenvalue weighted by Crippen LogP contribution is -1.85. The van der Waals surface area contributed by atoms with Crippen molar-refractivity contribution >= 4 is 23.5 Å². The highest BCUT2D eigenvalue weighted by Crippen LogP contribution is 2.28. The molecule has 0 bridgehead atoms. The van der Waals surface area contributed by atoms with Gasteiger partial charge in [0.1, 0.15) is 11.4 Å². The number of aliphatic imine (C=N–C) groups is 1. The van der Waals surface area contributed by atoms with Crippen LogP contribution in [0.5, 0.6) is 5.75 Å². The number of rotatable bonds is 3. The van der Waals surface area contributed by atoms with Crippen LogP contribution in [0.15, 0.2) is 47.5 Å². The zero-order valence-electron chi connectivity index (χ0n) is 10.4. The average Bonchev–Trinajstić information content (AvgIpc) is 2.38. The summed E-state index contributed by atoms with van der Waals surface area (Å²) in [7, 11) is 1.64. The molecule has 0 saturated heterocycles. The molecule has 92 valence electrons. The Kier molecular flexibility index (Phi) is 4.00. The van der Waals surface area contributed by atoms with E-state index >= 15 is 0 Å². The standard InChI is InChI=1S/C15H14ClNO/c1-11-3-8-15(18-2)14(9-11)17-10-12-4-6-13(16)7-5-12/h3-10H,1-2H3. The van der Waals surface area contributed by atoms with Crippen molar-refractivity contribution in [3.63, 3.8) is 0 Å². The molecule has 2 nitrogen and oxygen atoms in total. The highest BCUT2D eigenvalue weighted by atomic mass is 35.5. The molecule has 0 atom stereocenters. The molecule has 18 heavy (non-hydrogen) atoms. The molecule has 0 saturated carbocycles. The van der Waals surface area contributed by atoms with E-state index < -0.39 is 0 Å². The predicted molar refractivity (Wildman–Crippen MR) is 76.4 cm³/mol. The maximum absolute atomic E-state index is 5.83. The number of nitrogens with zero attached hydrogens (tertiary/aromatic N) is 1. The number of benzene rings is 2. The van der Waals surface area contributed by atoms with E-state index in [1.807, 2.05) is 49.4 Å². The lowest BCUT2D eigenvalue weighted by molar-refractivity contribution is 0.416. The second-order valence-corrected chi connectivity index (χ2v) is 4.42. The van der Waals surface area contributed by atoms with Crippen molar-refractivity contribution < 1.29 is 4.74 Å². The van der Waals surface area contributed by atoms with Crippen molar-refractivity contribution in [2.24, 2.45) is 4.99 Å². The molecule has 0 aromatic heterocycles. The fraction of sp³-hybridized carbons (Fsp3) is 0.133. The molecule has 0 amide bonds. The van der Waals surface area contributed by atoms with Gasteiger partial charge in [-0.1, -0.05) is 29.8 Å². The molecule has 0 radical (unpaired) electrons. The van der Waals surface area contributed by atoms with Gasteiger partial charge in [-0.05, 0) is 42.3 Å². The monoisotopic (exact) mass is 259 g/mol. The number of aryl methyl sites for hydroxylation is 1. The van der Waals surface area contributed by atoms with E-state index in [0.717, 1.165) is 27.6 Å². The van der Waals surface area contributed by atoms with Crippen LogP contribution in [0, 0.1) is 6.92 Å². The van der Waals surface area contributed by atoms with Crippen LogP contribution in [0.3, 0.4) is 0 Å². The number of hydrogen-bond acceptors (Lipinski definition) is 2. The number of methoxy groups -OCH3 is 1. The first-order valence-electron chi connectivity index (χ1n) is 5.63. The van der Waals surface area contributed by atoms with E-state index in [9.17, 15) is 0 Å². The summed E-state index contributed by atoms with van der Waals surface area (Å²) in [5.74, 6) is 0.769. The smallest absolute Gasteiger partial charge is 0.144 e. The molecule has 0 heterocycles. The predicted octanol–water partition coefficient (Wildman–Crippen LogP) is 4.41. The molecule has 0 fully saturated rings. The molecule has 0 spiro atoms. The maximum atomic E-state index is 5.83. The largest absolute Gasteiger partial charge is 0.494 e. The Bertz CT molecular complexity index is 561. The Morgan fingerprint density at radius 3 is 2.50 bits per heavy atom. The van der Waals surface area contributed by atoms with Crippen LogP contribution < -0.4 is 4.74 Å². The molecular weight excluding hydrogens is 246 g/mol. The van der Waals surface area contributed by atoms with E-state index in [4.69, 9.17) is 16.3 Å². The number of ether oxygens (including phenoxy) is 1. The summed E-state index contributed by atoms with van der Waals surface area (Å²) in [4.78, 5) is 4.44. The van der Waals surface area contributed by atoms with Crippen LogP contribution in [0.2, 0.25) is 5.02 Å². The lowest BCUT2D eigenvalue weighted by Gasteiger charge is -2.04. The van der Waals surface area contributed by atoms with Gasteiger partial charge in [0.2, 0.25) is 0 Å². The summed E-state index contributed by atoms with van der Waals surface area (Å²) in [6.45, 7) is 2.03. The van der Waals surface area contributed by atoms with Gasteiger partial charge >= 0.3 is 0 Å². The van der Waals surface area contributed by atoms with E-state index in [-0.39, 0.29) is 0 Å². The zero-order chi connectivity index (χ0) is 13.0. The second kappa shape index (κ2) is 5.69. The van der Waals surface area contributed by atoms with E-state index in [1.54, 1.807) is 13.3 Å². The van der Waals surface area contributed by atoms with Gasteiger partial charge in [-0.3, -0.25) is 4.99 Å². The summed E-state index contributed by atoms with van der Waals surface area (Å²) in [6.07, 6.45) is 1.80. The third-order valence-corrected chi connectivity index (χ3v) is 2.81. The molecule has 0 unspecified atom stereocenters. The molecular formula is C15H14ClNO. The first-order valence-corrected chi connectivity index (χ1v) is 6.01. The van der Waals surface area contributed by atoms with Crippen molar-refractivity contribution in [2.75, 3.05) is 7.11 Å². The topological polar surface area (TPSA) is 21.6 Å². The summed E-state index contributed by atoms with van der Waals surface area (Å²) in [5, 5.41) is 0.722. The van der Waals surface area contributed by atoms with Crippen LogP contribution in [-0.4, -0.2) is 13.3 Å². The molecule has 2 aromatic rings. The number of halogens is 1. The summed E-state index contributed by atoms with van der Waals surface area (Å²) < 4.78 is 5.27. The molecule has 2 rings (SSSR count). The molecule has 0 aliphatic carbocycles. The van der Waals surface area contributed by atoms with Crippen LogP contribution >= 0.6 is 11.6 Å². The molecule has 0 aliphatic rings. The van der Waals surface area contributed by atoms with Crippen molar-refractivity contribution in [3.8, 4) is 5.75 Å². The van der Waals surface area contributed by atoms with Crippen LogP contribution in [0.1, 0.15) is 11.1 Å². The van der Waals surface area contributed by atoms with E-state index in [1.165, 1.54) is 0 Å². The van der Waals surface area contributed by atoms with Gasteiger partial charge in [0, 0.05) is 11.2 Å². The Balaban J connectivity index is 2.27. The molecule has 0 N–H and O–H groups in total. The average molecular weight is 260 g/mol. The first-order chi connectivity index (χ1) is 8.69. The normalized spacial score (nSPS) is 10.8. The van der Waals surface area contributed by atoms with E-state index in [0.29, 0.717) is 0 Å². The fourth-order valence-electron chi connectivity index (χ4n) is 1.59. The van der Waals surface area contributed by atoms with Crippen LogP contribution in [-0.2, 0) is 0 Å². The van der Waals surface area contributed by atoms with Crippen LogP contribution in [0.4, 0.5) is 5.69 Å². The Morgan fingerprint density at radius 1 is 1.11 bits per heavy atom. The fourth-order valence-corrected chi connectivity index (χ4v) is 1.72. The molecule has 3 heteroatoms. The zero-order valence-corrected chi connectivity index (χ0v) is 11.1. The number of hydrogen-bond donors (Lipinski definition) is 0. The van der Waals surface area contributed by atoms with Gasteiger partial charge in [-0.25, -0.2) is 0 Å². The SMILES string of the molecule is COc1ccc(C)cc1N=Cc1ccc(Cl)cc1. The minimum absolute atomic E-state index is 0.722. The molecule has 0 aliphatic heterocycles. The third-order valence-electron chi connectivity index (χ3n) is 2.56. The minimum Gasteiger partial charge on any atom is -0.494 e. The van der Waals surface area contributed by atoms with Gasteiger partial charge in [0.05, 0.1) is 7.11 Å². The summed E-state index contributed by atoms with van der Waals surface area (Å²) in [5.41, 5.74) is 2.98. The first kappa shape index (κ1) is 12.7. The third kappa shape index (κ3) is 3.11. The highest BCUT2D eigenvalue weighted by Gasteiger charge is 2.00. The highest BCUT2D eigenvalue weighted by molar-refractivity contribution is 6.30. The Hall–Kier alpha value is -1.80. The van der Waals surface area contributed by atoms with Gasteiger partial charge in [0.15, 0.2) is 0 Å². The summed E-state index contributed by atoms with van der Waals surface area (Å²) >= 11 is 5.83. The Morgan fingerprint density at radius 2 is 1.83 bits per heavy atom. The minimum atomic E-state index is 0.722. The van der Waals surface area contributed by atoms with Crippen molar-refractivity contribution in [3.05, 3.63) is 58.6 Å². The molecule has 2 aromatic carbocycles. The van der Waals surface area contributed by atoms with Gasteiger partial charge in [0.25, 0.3) is 0 Å². The van der Waals surface area contributed by atoms with E-state index in [2.05, 4.69) is 4.99 Å². The summed E-state index contributed by atoms with van der Waals surface area (Å²) in [6, 6.07) is 13.4. The van der Waals surface area contributed by atoms with Crippen molar-refractivity contribution in [1.29, 1.82) is 0 Å². The van der Waals surface area contributed by atoms with Crippen molar-refractivity contribution in [2.45, 2.75) is 6.92 Å². The lowest BCUT2D eigenvalue weighted by atomic mass is 10.2. The van der Waals surface area contributed by atoms with Crippen LogP contribution in [0.25, 0.3) is 0 Å². The quantitative estimate of drug-likeness (QED) is 0.749. The van der Waals surface area contributed by atoms with Gasteiger partial charge in [-0.2, -0.15) is 0 Å². The maximum Gasteiger partial charge on any atom is 0.144 e. The van der Waals surface area contributed by atoms with Gasteiger partial charge < -0.3 is 4.74 Å². The second-order valence-electron chi connectivity index (χ2n) is 3.99. The van der Waals surface area contributed by atoms with Gasteiger partial charge in [-0.15, -0.1) is 0 Å².